The number of aromatic hydroxyl groups is 1. The number of aryl methyl sites for hydroxylation is 1. The molecular weight excluding hydrogens is 214 g/mol. The van der Waals surface area contributed by atoms with Gasteiger partial charge in [-0.05, 0) is 30.7 Å². The van der Waals surface area contributed by atoms with Gasteiger partial charge in [-0.3, -0.25) is 0 Å². The molecule has 0 aliphatic rings. The van der Waals surface area contributed by atoms with Crippen LogP contribution in [0.2, 0.25) is 0 Å². The van der Waals surface area contributed by atoms with Crippen LogP contribution in [-0.4, -0.2) is 19.6 Å². The maximum absolute atomic E-state index is 9.91. The molecule has 0 fully saturated rings. The summed E-state index contributed by atoms with van der Waals surface area (Å²) in [6.45, 7) is 1.98. The van der Waals surface area contributed by atoms with Crippen molar-refractivity contribution in [1.29, 1.82) is 0 Å². The quantitative estimate of drug-likeness (QED) is 0.689. The highest BCUT2D eigenvalue weighted by Crippen LogP contribution is 2.25. The topological polar surface area (TPSA) is 50.9 Å². The summed E-state index contributed by atoms with van der Waals surface area (Å²) >= 11 is 0. The van der Waals surface area contributed by atoms with Crippen LogP contribution in [0.1, 0.15) is 5.56 Å². The Morgan fingerprint density at radius 1 is 1.24 bits per heavy atom. The fourth-order valence-corrected chi connectivity index (χ4v) is 1.89. The Bertz CT molecular complexity index is 688. The second-order valence-electron chi connectivity index (χ2n) is 3.82. The fraction of sp³-hybridized carbons (Fsp3) is 0.0769. The molecule has 3 rings (SSSR count). The van der Waals surface area contributed by atoms with Crippen molar-refractivity contribution in [2.24, 2.45) is 0 Å². The molecule has 83 valence electrons. The number of imidazole rings is 1. The summed E-state index contributed by atoms with van der Waals surface area (Å²) in [6, 6.07) is 11.2. The van der Waals surface area contributed by atoms with Crippen molar-refractivity contribution < 1.29 is 5.11 Å². The molecule has 0 unspecified atom stereocenters. The van der Waals surface area contributed by atoms with E-state index in [0.717, 1.165) is 11.3 Å². The van der Waals surface area contributed by atoms with E-state index in [4.69, 9.17) is 0 Å². The number of hydrogen-bond donors (Lipinski definition) is 1. The van der Waals surface area contributed by atoms with Gasteiger partial charge in [0.1, 0.15) is 5.52 Å². The molecule has 1 radical (unpaired) electrons. The zero-order valence-corrected chi connectivity index (χ0v) is 9.25. The highest BCUT2D eigenvalue weighted by molar-refractivity contribution is 5.74. The Morgan fingerprint density at radius 2 is 2.06 bits per heavy atom. The first-order valence-electron chi connectivity index (χ1n) is 5.28. The van der Waals surface area contributed by atoms with E-state index in [0.29, 0.717) is 11.2 Å². The largest absolute Gasteiger partial charge is 0.480 e. The second-order valence-corrected chi connectivity index (χ2v) is 3.82. The third-order valence-electron chi connectivity index (χ3n) is 2.70. The third-order valence-corrected chi connectivity index (χ3v) is 2.70. The molecule has 2 aromatic heterocycles. The first-order chi connectivity index (χ1) is 8.27. The van der Waals surface area contributed by atoms with Crippen LogP contribution >= 0.6 is 0 Å². The fourth-order valence-electron chi connectivity index (χ4n) is 1.89. The lowest BCUT2D eigenvalue weighted by Crippen LogP contribution is -1.97. The van der Waals surface area contributed by atoms with Gasteiger partial charge in [-0.2, -0.15) is 4.98 Å². The summed E-state index contributed by atoms with van der Waals surface area (Å²) in [7, 11) is 0. The van der Waals surface area contributed by atoms with Crippen LogP contribution in [0.25, 0.3) is 16.9 Å². The average molecular weight is 224 g/mol. The number of hydrogen-bond acceptors (Lipinski definition) is 3. The minimum absolute atomic E-state index is 0.0543. The molecule has 0 bridgehead atoms. The van der Waals surface area contributed by atoms with E-state index in [2.05, 4.69) is 16.2 Å². The Morgan fingerprint density at radius 3 is 2.88 bits per heavy atom. The van der Waals surface area contributed by atoms with Crippen molar-refractivity contribution in [3.63, 3.8) is 0 Å². The standard InChI is InChI=1S/C13H10N3O/c1-9-5-2-3-7-11(9)16-12-10(15-13(16)17)6-4-8-14-12/h2-7H,1H3,(H,15,17). The molecular formula is C13H10N3O. The Labute approximate surface area is 98.2 Å². The molecule has 0 atom stereocenters. The Hall–Kier alpha value is -2.36. The van der Waals surface area contributed by atoms with Crippen LogP contribution in [0.3, 0.4) is 0 Å². The number of pyridine rings is 1. The molecule has 0 amide bonds. The Kier molecular flexibility index (Phi) is 2.08. The monoisotopic (exact) mass is 224 g/mol. The SMILES string of the molecule is Cc1ccccc1-n1c(O)nc2cc[c]nc21. The van der Waals surface area contributed by atoms with E-state index in [1.54, 1.807) is 16.7 Å². The van der Waals surface area contributed by atoms with Gasteiger partial charge >= 0.3 is 6.01 Å². The van der Waals surface area contributed by atoms with Crippen LogP contribution in [0.15, 0.2) is 36.4 Å². The van der Waals surface area contributed by atoms with Gasteiger partial charge < -0.3 is 5.11 Å². The first kappa shape index (κ1) is 9.84. The lowest BCUT2D eigenvalue weighted by molar-refractivity contribution is 0.424. The van der Waals surface area contributed by atoms with E-state index in [1.807, 2.05) is 31.2 Å². The number of aromatic nitrogens is 3. The maximum Gasteiger partial charge on any atom is 0.300 e. The molecule has 0 aliphatic heterocycles. The molecule has 0 spiro atoms. The molecule has 1 aromatic carbocycles. The molecule has 2 heterocycles. The smallest absolute Gasteiger partial charge is 0.300 e. The van der Waals surface area contributed by atoms with Gasteiger partial charge in [-0.1, -0.05) is 18.2 Å². The van der Waals surface area contributed by atoms with Crippen molar-refractivity contribution in [2.75, 3.05) is 0 Å². The van der Waals surface area contributed by atoms with Crippen LogP contribution in [0.5, 0.6) is 6.01 Å². The lowest BCUT2D eigenvalue weighted by atomic mass is 10.2. The summed E-state index contributed by atoms with van der Waals surface area (Å²) < 4.78 is 1.63. The average Bonchev–Trinajstić information content (AvgIpc) is 2.66. The molecule has 4 heteroatoms. The molecule has 0 saturated carbocycles. The molecule has 4 nitrogen and oxygen atoms in total. The van der Waals surface area contributed by atoms with Crippen molar-refractivity contribution >= 4 is 11.2 Å². The van der Waals surface area contributed by atoms with Crippen LogP contribution in [-0.2, 0) is 0 Å². The zero-order valence-electron chi connectivity index (χ0n) is 9.25. The zero-order chi connectivity index (χ0) is 11.8. The van der Waals surface area contributed by atoms with Gasteiger partial charge in [0.15, 0.2) is 5.65 Å². The molecule has 3 aromatic rings. The number of benzene rings is 1. The molecule has 1 N–H and O–H groups in total. The molecule has 0 aliphatic carbocycles. The van der Waals surface area contributed by atoms with Crippen molar-refractivity contribution in [3.05, 3.63) is 48.2 Å². The number of nitrogens with zero attached hydrogens (tertiary/aromatic N) is 3. The number of rotatable bonds is 1. The Balaban J connectivity index is 2.38. The number of para-hydroxylation sites is 1. The third kappa shape index (κ3) is 1.45. The van der Waals surface area contributed by atoms with Gasteiger partial charge in [0, 0.05) is 0 Å². The minimum Gasteiger partial charge on any atom is -0.480 e. The van der Waals surface area contributed by atoms with Gasteiger partial charge in [0.2, 0.25) is 0 Å². The van der Waals surface area contributed by atoms with Crippen molar-refractivity contribution in [3.8, 4) is 11.7 Å². The first-order valence-corrected chi connectivity index (χ1v) is 5.28. The van der Waals surface area contributed by atoms with E-state index in [-0.39, 0.29) is 6.01 Å². The van der Waals surface area contributed by atoms with Crippen LogP contribution in [0, 0.1) is 13.1 Å². The normalized spacial score (nSPS) is 10.9. The predicted octanol–water partition coefficient (Wildman–Crippen LogP) is 2.23. The lowest BCUT2D eigenvalue weighted by Gasteiger charge is -2.07. The van der Waals surface area contributed by atoms with Gasteiger partial charge in [0.25, 0.3) is 0 Å². The number of fused-ring (bicyclic) bond motifs is 1. The summed E-state index contributed by atoms with van der Waals surface area (Å²) in [4.78, 5) is 8.20. The predicted molar refractivity (Wildman–Crippen MR) is 64.1 cm³/mol. The van der Waals surface area contributed by atoms with Crippen molar-refractivity contribution in [2.45, 2.75) is 6.92 Å². The maximum atomic E-state index is 9.91. The summed E-state index contributed by atoms with van der Waals surface area (Å²) in [5.41, 5.74) is 3.19. The van der Waals surface area contributed by atoms with Gasteiger partial charge in [-0.15, -0.1) is 0 Å². The summed E-state index contributed by atoms with van der Waals surface area (Å²) in [5.74, 6) is 0. The van der Waals surface area contributed by atoms with Crippen LogP contribution in [0.4, 0.5) is 0 Å². The highest BCUT2D eigenvalue weighted by Gasteiger charge is 2.13. The highest BCUT2D eigenvalue weighted by atomic mass is 16.3. The van der Waals surface area contributed by atoms with Gasteiger partial charge in [0.05, 0.1) is 11.9 Å². The van der Waals surface area contributed by atoms with Gasteiger partial charge in [-0.25, -0.2) is 9.55 Å². The van der Waals surface area contributed by atoms with Crippen LogP contribution < -0.4 is 0 Å². The van der Waals surface area contributed by atoms with E-state index in [1.165, 1.54) is 0 Å². The van der Waals surface area contributed by atoms with E-state index in [9.17, 15) is 5.11 Å². The van der Waals surface area contributed by atoms with Crippen molar-refractivity contribution in [1.82, 2.24) is 14.5 Å². The van der Waals surface area contributed by atoms with E-state index >= 15 is 0 Å². The van der Waals surface area contributed by atoms with E-state index < -0.39 is 0 Å². The summed E-state index contributed by atoms with van der Waals surface area (Å²) in [6.07, 6.45) is 2.76. The summed E-state index contributed by atoms with van der Waals surface area (Å²) in [5, 5.41) is 9.91. The molecule has 0 saturated heterocycles. The second kappa shape index (κ2) is 3.59. The molecule has 17 heavy (non-hydrogen) atoms. The minimum atomic E-state index is -0.0543.